The predicted octanol–water partition coefficient (Wildman–Crippen LogP) is 2.37. The van der Waals surface area contributed by atoms with Gasteiger partial charge in [-0.15, -0.1) is 11.3 Å². The molecule has 0 bridgehead atoms. The van der Waals surface area contributed by atoms with Crippen molar-refractivity contribution in [1.29, 1.82) is 0 Å². The molecule has 66 valence electrons. The monoisotopic (exact) mass is 208 g/mol. The first-order valence-corrected chi connectivity index (χ1v) is 4.45. The molecule has 1 heterocycles. The third-order valence-electron chi connectivity index (χ3n) is 1.32. The molecule has 0 radical (unpaired) electrons. The average Bonchev–Trinajstić information content (AvgIpc) is 2.36. The summed E-state index contributed by atoms with van der Waals surface area (Å²) in [5.74, 6) is -1.44. The van der Waals surface area contributed by atoms with E-state index in [0.717, 1.165) is 0 Å². The minimum atomic E-state index is -1.86. The molecule has 1 aromatic rings. The summed E-state index contributed by atoms with van der Waals surface area (Å²) in [6.45, 7) is 0. The lowest BCUT2D eigenvalue weighted by atomic mass is 10.2. The molecule has 0 aliphatic carbocycles. The smallest absolute Gasteiger partial charge is 0.338 e. The Bertz CT molecular complexity index is 287. The van der Waals surface area contributed by atoms with Crippen molar-refractivity contribution in [2.45, 2.75) is 12.6 Å². The van der Waals surface area contributed by atoms with Gasteiger partial charge in [0.05, 0.1) is 5.02 Å². The van der Waals surface area contributed by atoms with Gasteiger partial charge in [0.15, 0.2) is 0 Å². The second kappa shape index (κ2) is 3.87. The van der Waals surface area contributed by atoms with Crippen LogP contribution in [-0.2, 0) is 11.2 Å². The Morgan fingerprint density at radius 2 is 2.50 bits per heavy atom. The maximum Gasteiger partial charge on any atom is 0.338 e. The summed E-state index contributed by atoms with van der Waals surface area (Å²) in [4.78, 5) is 10.7. The van der Waals surface area contributed by atoms with Gasteiger partial charge in [-0.1, -0.05) is 11.6 Å². The summed E-state index contributed by atoms with van der Waals surface area (Å²) in [6, 6.07) is 1.62. The predicted molar refractivity (Wildman–Crippen MR) is 45.6 cm³/mol. The van der Waals surface area contributed by atoms with E-state index in [0.29, 0.717) is 9.90 Å². The number of thiophene rings is 1. The van der Waals surface area contributed by atoms with Crippen molar-refractivity contribution < 1.29 is 14.3 Å². The maximum atomic E-state index is 12.6. The van der Waals surface area contributed by atoms with Gasteiger partial charge in [-0.2, -0.15) is 0 Å². The molecule has 0 aromatic carbocycles. The Morgan fingerprint density at radius 1 is 1.83 bits per heavy atom. The van der Waals surface area contributed by atoms with E-state index in [9.17, 15) is 9.18 Å². The van der Waals surface area contributed by atoms with Crippen LogP contribution in [0.4, 0.5) is 4.39 Å². The number of halogens is 2. The van der Waals surface area contributed by atoms with Crippen molar-refractivity contribution in [3.63, 3.8) is 0 Å². The highest BCUT2D eigenvalue weighted by molar-refractivity contribution is 7.10. The number of carboxylic acid groups (broad SMARTS) is 1. The summed E-state index contributed by atoms with van der Waals surface area (Å²) in [5.41, 5.74) is 0. The fourth-order valence-electron chi connectivity index (χ4n) is 0.721. The Kier molecular flexibility index (Phi) is 3.05. The average molecular weight is 209 g/mol. The van der Waals surface area contributed by atoms with Crippen molar-refractivity contribution in [3.05, 3.63) is 21.3 Å². The van der Waals surface area contributed by atoms with Crippen LogP contribution in [0, 0.1) is 0 Å². The van der Waals surface area contributed by atoms with Crippen LogP contribution in [0.15, 0.2) is 11.4 Å². The Balaban J connectivity index is 2.64. The number of carbonyl (C=O) groups is 1. The Hall–Kier alpha value is -0.610. The molecule has 0 aliphatic rings. The van der Waals surface area contributed by atoms with E-state index >= 15 is 0 Å². The zero-order valence-corrected chi connectivity index (χ0v) is 7.53. The molecule has 0 saturated heterocycles. The van der Waals surface area contributed by atoms with Crippen molar-refractivity contribution in [2.75, 3.05) is 0 Å². The molecule has 1 rings (SSSR count). The normalized spacial score (nSPS) is 12.8. The van der Waals surface area contributed by atoms with Gasteiger partial charge in [0.25, 0.3) is 0 Å². The number of hydrogen-bond acceptors (Lipinski definition) is 2. The highest BCUT2D eigenvalue weighted by Gasteiger charge is 2.18. The lowest BCUT2D eigenvalue weighted by Crippen LogP contribution is -2.16. The molecule has 5 heteroatoms. The van der Waals surface area contributed by atoms with Crippen LogP contribution in [0.25, 0.3) is 0 Å². The first kappa shape index (κ1) is 9.48. The van der Waals surface area contributed by atoms with Gasteiger partial charge in [-0.05, 0) is 11.4 Å². The van der Waals surface area contributed by atoms with Crippen molar-refractivity contribution >= 4 is 28.9 Å². The molecule has 1 unspecified atom stereocenters. The lowest BCUT2D eigenvalue weighted by molar-refractivity contribution is -0.142. The van der Waals surface area contributed by atoms with Crippen molar-refractivity contribution in [2.24, 2.45) is 0 Å². The van der Waals surface area contributed by atoms with E-state index in [1.54, 1.807) is 11.4 Å². The standard InChI is InChI=1S/C7H6ClFO2S/c8-4-1-2-12-6(4)3-5(9)7(10)11/h1-2,5H,3H2,(H,10,11). The first-order valence-electron chi connectivity index (χ1n) is 3.20. The lowest BCUT2D eigenvalue weighted by Gasteiger charge is -1.99. The summed E-state index contributed by atoms with van der Waals surface area (Å²) in [6.07, 6.45) is -2.01. The largest absolute Gasteiger partial charge is 0.479 e. The number of rotatable bonds is 3. The van der Waals surface area contributed by atoms with Crippen LogP contribution in [0.2, 0.25) is 5.02 Å². The molecule has 0 fully saturated rings. The van der Waals surface area contributed by atoms with E-state index < -0.39 is 12.1 Å². The zero-order valence-electron chi connectivity index (χ0n) is 5.96. The Labute approximate surface area is 77.6 Å². The molecule has 0 saturated carbocycles. The van der Waals surface area contributed by atoms with E-state index in [1.807, 2.05) is 0 Å². The molecule has 12 heavy (non-hydrogen) atoms. The van der Waals surface area contributed by atoms with Crippen LogP contribution >= 0.6 is 22.9 Å². The van der Waals surface area contributed by atoms with Crippen LogP contribution in [0.5, 0.6) is 0 Å². The summed E-state index contributed by atoms with van der Waals surface area (Å²) < 4.78 is 12.6. The summed E-state index contributed by atoms with van der Waals surface area (Å²) in [5, 5.41) is 10.4. The quantitative estimate of drug-likeness (QED) is 0.828. The third kappa shape index (κ3) is 2.19. The van der Waals surface area contributed by atoms with Gasteiger partial charge in [0, 0.05) is 11.3 Å². The minimum absolute atomic E-state index is 0.147. The van der Waals surface area contributed by atoms with Crippen LogP contribution in [-0.4, -0.2) is 17.2 Å². The number of hydrogen-bond donors (Lipinski definition) is 1. The fraction of sp³-hybridized carbons (Fsp3) is 0.286. The van der Waals surface area contributed by atoms with E-state index in [1.165, 1.54) is 11.3 Å². The second-order valence-electron chi connectivity index (χ2n) is 2.20. The molecule has 0 aliphatic heterocycles. The summed E-state index contributed by atoms with van der Waals surface area (Å²) in [7, 11) is 0. The second-order valence-corrected chi connectivity index (χ2v) is 3.61. The fourth-order valence-corrected chi connectivity index (χ4v) is 1.86. The molecule has 1 atom stereocenters. The molecule has 0 spiro atoms. The molecule has 0 amide bonds. The number of aliphatic carboxylic acids is 1. The maximum absolute atomic E-state index is 12.6. The van der Waals surface area contributed by atoms with Gasteiger partial charge >= 0.3 is 5.97 Å². The van der Waals surface area contributed by atoms with Crippen LogP contribution in [0.3, 0.4) is 0 Å². The van der Waals surface area contributed by atoms with Crippen LogP contribution < -0.4 is 0 Å². The number of alkyl halides is 1. The molecule has 1 aromatic heterocycles. The third-order valence-corrected chi connectivity index (χ3v) is 2.73. The number of carboxylic acids is 1. The van der Waals surface area contributed by atoms with Gasteiger partial charge in [0.1, 0.15) is 0 Å². The van der Waals surface area contributed by atoms with Crippen molar-refractivity contribution in [1.82, 2.24) is 0 Å². The van der Waals surface area contributed by atoms with Gasteiger partial charge in [0.2, 0.25) is 6.17 Å². The minimum Gasteiger partial charge on any atom is -0.479 e. The van der Waals surface area contributed by atoms with E-state index in [-0.39, 0.29) is 6.42 Å². The topological polar surface area (TPSA) is 37.3 Å². The van der Waals surface area contributed by atoms with E-state index in [2.05, 4.69) is 0 Å². The van der Waals surface area contributed by atoms with Gasteiger partial charge in [-0.3, -0.25) is 0 Å². The molecule has 1 N–H and O–H groups in total. The van der Waals surface area contributed by atoms with Crippen molar-refractivity contribution in [3.8, 4) is 0 Å². The molecular weight excluding hydrogens is 203 g/mol. The highest BCUT2D eigenvalue weighted by Crippen LogP contribution is 2.23. The summed E-state index contributed by atoms with van der Waals surface area (Å²) >= 11 is 6.90. The van der Waals surface area contributed by atoms with Gasteiger partial charge < -0.3 is 5.11 Å². The molecule has 2 nitrogen and oxygen atoms in total. The van der Waals surface area contributed by atoms with Gasteiger partial charge in [-0.25, -0.2) is 9.18 Å². The molecular formula is C7H6ClFO2S. The zero-order chi connectivity index (χ0) is 9.14. The van der Waals surface area contributed by atoms with E-state index in [4.69, 9.17) is 16.7 Å². The van der Waals surface area contributed by atoms with Crippen LogP contribution in [0.1, 0.15) is 4.88 Å². The first-order chi connectivity index (χ1) is 5.61. The SMILES string of the molecule is O=C(O)C(F)Cc1sccc1Cl. The highest BCUT2D eigenvalue weighted by atomic mass is 35.5. The Morgan fingerprint density at radius 3 is 2.92 bits per heavy atom.